The normalized spacial score (nSPS) is 36.7. The van der Waals surface area contributed by atoms with Gasteiger partial charge in [-0.15, -0.1) is 0 Å². The van der Waals surface area contributed by atoms with Crippen LogP contribution >= 0.6 is 0 Å². The molecule has 0 saturated carbocycles. The van der Waals surface area contributed by atoms with Gasteiger partial charge in [0.05, 0.1) is 0 Å². The SMILES string of the molecule is CCC1(CN2CCCCCC2C)CCCNC1. The van der Waals surface area contributed by atoms with Crippen molar-refractivity contribution in [3.05, 3.63) is 0 Å². The average molecular weight is 238 g/mol. The summed E-state index contributed by atoms with van der Waals surface area (Å²) in [5.41, 5.74) is 0.566. The smallest absolute Gasteiger partial charge is 0.00671 e. The van der Waals surface area contributed by atoms with Crippen molar-refractivity contribution in [2.24, 2.45) is 5.41 Å². The van der Waals surface area contributed by atoms with Crippen LogP contribution in [0.2, 0.25) is 0 Å². The molecule has 0 aliphatic carbocycles. The molecule has 100 valence electrons. The summed E-state index contributed by atoms with van der Waals surface area (Å²) >= 11 is 0. The molecule has 2 atom stereocenters. The summed E-state index contributed by atoms with van der Waals surface area (Å²) < 4.78 is 0. The van der Waals surface area contributed by atoms with Gasteiger partial charge in [0.15, 0.2) is 0 Å². The van der Waals surface area contributed by atoms with Crippen molar-refractivity contribution < 1.29 is 0 Å². The van der Waals surface area contributed by atoms with E-state index in [2.05, 4.69) is 24.1 Å². The fourth-order valence-electron chi connectivity index (χ4n) is 3.58. The summed E-state index contributed by atoms with van der Waals surface area (Å²) in [7, 11) is 0. The maximum absolute atomic E-state index is 3.62. The van der Waals surface area contributed by atoms with Crippen molar-refractivity contribution in [1.82, 2.24) is 10.2 Å². The first-order valence-corrected chi connectivity index (χ1v) is 7.70. The molecule has 0 aromatic rings. The van der Waals surface area contributed by atoms with Crippen LogP contribution in [0.4, 0.5) is 0 Å². The number of piperidine rings is 1. The topological polar surface area (TPSA) is 15.3 Å². The maximum Gasteiger partial charge on any atom is 0.00671 e. The minimum absolute atomic E-state index is 0.566. The summed E-state index contributed by atoms with van der Waals surface area (Å²) in [5, 5.41) is 3.62. The Morgan fingerprint density at radius 3 is 2.82 bits per heavy atom. The van der Waals surface area contributed by atoms with Gasteiger partial charge >= 0.3 is 0 Å². The molecule has 2 saturated heterocycles. The highest BCUT2D eigenvalue weighted by Crippen LogP contribution is 2.32. The molecular weight excluding hydrogens is 208 g/mol. The minimum atomic E-state index is 0.566. The molecule has 0 radical (unpaired) electrons. The summed E-state index contributed by atoms with van der Waals surface area (Å²) in [5.74, 6) is 0. The molecule has 2 heterocycles. The van der Waals surface area contributed by atoms with Crippen LogP contribution in [0.15, 0.2) is 0 Å². The third kappa shape index (κ3) is 3.45. The second-order valence-electron chi connectivity index (χ2n) is 6.30. The Kier molecular flexibility index (Phi) is 4.87. The highest BCUT2D eigenvalue weighted by Gasteiger charge is 2.33. The monoisotopic (exact) mass is 238 g/mol. The second kappa shape index (κ2) is 6.19. The summed E-state index contributed by atoms with van der Waals surface area (Å²) in [6.45, 7) is 9.96. The Labute approximate surface area is 107 Å². The lowest BCUT2D eigenvalue weighted by Gasteiger charge is -2.42. The van der Waals surface area contributed by atoms with Crippen molar-refractivity contribution >= 4 is 0 Å². The first-order chi connectivity index (χ1) is 8.26. The molecule has 2 unspecified atom stereocenters. The lowest BCUT2D eigenvalue weighted by atomic mass is 9.77. The van der Waals surface area contributed by atoms with E-state index in [4.69, 9.17) is 0 Å². The Morgan fingerprint density at radius 2 is 2.12 bits per heavy atom. The molecule has 1 N–H and O–H groups in total. The fraction of sp³-hybridized carbons (Fsp3) is 1.00. The second-order valence-corrected chi connectivity index (χ2v) is 6.30. The van der Waals surface area contributed by atoms with E-state index in [1.165, 1.54) is 71.1 Å². The lowest BCUT2D eigenvalue weighted by molar-refractivity contribution is 0.0884. The number of hydrogen-bond acceptors (Lipinski definition) is 2. The van der Waals surface area contributed by atoms with Gasteiger partial charge in [0.2, 0.25) is 0 Å². The molecule has 2 nitrogen and oxygen atoms in total. The van der Waals surface area contributed by atoms with Gasteiger partial charge in [-0.25, -0.2) is 0 Å². The molecule has 0 aromatic heterocycles. The van der Waals surface area contributed by atoms with Crippen LogP contribution in [-0.4, -0.2) is 37.1 Å². The van der Waals surface area contributed by atoms with E-state index < -0.39 is 0 Å². The van der Waals surface area contributed by atoms with Gasteiger partial charge in [0.25, 0.3) is 0 Å². The van der Waals surface area contributed by atoms with Gasteiger partial charge < -0.3 is 10.2 Å². The number of nitrogens with one attached hydrogen (secondary N) is 1. The van der Waals surface area contributed by atoms with Crippen molar-refractivity contribution in [2.75, 3.05) is 26.2 Å². The van der Waals surface area contributed by atoms with Crippen molar-refractivity contribution in [1.29, 1.82) is 0 Å². The standard InChI is InChI=1S/C15H30N2/c1-3-15(9-7-10-16-12-15)13-17-11-6-4-5-8-14(17)2/h14,16H,3-13H2,1-2H3. The van der Waals surface area contributed by atoms with Gasteiger partial charge in [0, 0.05) is 19.1 Å². The minimum Gasteiger partial charge on any atom is -0.316 e. The van der Waals surface area contributed by atoms with E-state index >= 15 is 0 Å². The van der Waals surface area contributed by atoms with E-state index in [0.717, 1.165) is 6.04 Å². The third-order valence-electron chi connectivity index (χ3n) is 5.04. The highest BCUT2D eigenvalue weighted by atomic mass is 15.2. The first kappa shape index (κ1) is 13.4. The van der Waals surface area contributed by atoms with E-state index in [1.807, 2.05) is 0 Å². The van der Waals surface area contributed by atoms with E-state index in [0.29, 0.717) is 5.41 Å². The van der Waals surface area contributed by atoms with Crippen LogP contribution in [0.5, 0.6) is 0 Å². The Hall–Kier alpha value is -0.0800. The predicted octanol–water partition coefficient (Wildman–Crippen LogP) is 3.03. The first-order valence-electron chi connectivity index (χ1n) is 7.70. The third-order valence-corrected chi connectivity index (χ3v) is 5.04. The van der Waals surface area contributed by atoms with Crippen LogP contribution in [-0.2, 0) is 0 Å². The van der Waals surface area contributed by atoms with Crippen LogP contribution < -0.4 is 5.32 Å². The van der Waals surface area contributed by atoms with E-state index in [1.54, 1.807) is 0 Å². The molecule has 2 aliphatic heterocycles. The van der Waals surface area contributed by atoms with Crippen LogP contribution in [0.3, 0.4) is 0 Å². The molecular formula is C15H30N2. The zero-order chi connectivity index (χ0) is 12.1. The van der Waals surface area contributed by atoms with Crippen LogP contribution in [0, 0.1) is 5.41 Å². The Balaban J connectivity index is 1.95. The molecule has 2 fully saturated rings. The zero-order valence-corrected chi connectivity index (χ0v) is 11.8. The lowest BCUT2D eigenvalue weighted by Crippen LogP contribution is -2.49. The van der Waals surface area contributed by atoms with Crippen molar-refractivity contribution in [3.63, 3.8) is 0 Å². The summed E-state index contributed by atoms with van der Waals surface area (Å²) in [6, 6.07) is 0.808. The molecule has 2 aliphatic rings. The molecule has 0 aromatic carbocycles. The van der Waals surface area contributed by atoms with E-state index in [-0.39, 0.29) is 0 Å². The molecule has 0 amide bonds. The number of nitrogens with zero attached hydrogens (tertiary/aromatic N) is 1. The largest absolute Gasteiger partial charge is 0.316 e. The quantitative estimate of drug-likeness (QED) is 0.813. The number of likely N-dealkylation sites (tertiary alicyclic amines) is 1. The van der Waals surface area contributed by atoms with Gasteiger partial charge in [-0.1, -0.05) is 19.8 Å². The molecule has 0 bridgehead atoms. The van der Waals surface area contributed by atoms with Crippen molar-refractivity contribution in [2.45, 2.75) is 64.8 Å². The Bertz CT molecular complexity index is 221. The predicted molar refractivity (Wildman–Crippen MR) is 74.3 cm³/mol. The summed E-state index contributed by atoms with van der Waals surface area (Å²) in [4.78, 5) is 2.78. The maximum atomic E-state index is 3.62. The molecule has 2 rings (SSSR count). The molecule has 2 heteroatoms. The van der Waals surface area contributed by atoms with Crippen LogP contribution in [0.1, 0.15) is 58.8 Å². The molecule has 0 spiro atoms. The van der Waals surface area contributed by atoms with Gasteiger partial charge in [0.1, 0.15) is 0 Å². The summed E-state index contributed by atoms with van der Waals surface area (Å²) in [6.07, 6.45) is 9.84. The van der Waals surface area contributed by atoms with Gasteiger partial charge in [-0.2, -0.15) is 0 Å². The van der Waals surface area contributed by atoms with E-state index in [9.17, 15) is 0 Å². The number of hydrogen-bond donors (Lipinski definition) is 1. The van der Waals surface area contributed by atoms with Gasteiger partial charge in [-0.3, -0.25) is 0 Å². The fourth-order valence-corrected chi connectivity index (χ4v) is 3.58. The van der Waals surface area contributed by atoms with Crippen molar-refractivity contribution in [3.8, 4) is 0 Å². The number of rotatable bonds is 3. The zero-order valence-electron chi connectivity index (χ0n) is 11.8. The average Bonchev–Trinajstić information content (AvgIpc) is 2.56. The van der Waals surface area contributed by atoms with Gasteiger partial charge in [-0.05, 0) is 57.5 Å². The van der Waals surface area contributed by atoms with Crippen LogP contribution in [0.25, 0.3) is 0 Å². The Morgan fingerprint density at radius 1 is 1.24 bits per heavy atom. The molecule has 17 heavy (non-hydrogen) atoms. The highest BCUT2D eigenvalue weighted by molar-refractivity contribution is 4.89.